The highest BCUT2D eigenvalue weighted by Crippen LogP contribution is 2.14. The van der Waals surface area contributed by atoms with Crippen molar-refractivity contribution in [3.05, 3.63) is 84.9 Å². The molecule has 0 amide bonds. The van der Waals surface area contributed by atoms with Crippen molar-refractivity contribution in [1.82, 2.24) is 4.57 Å². The normalized spacial score (nSPS) is 14.4. The number of nitrogens with zero attached hydrogens (tertiary/aromatic N) is 3. The Bertz CT molecular complexity index is 1060. The Labute approximate surface area is 147 Å². The maximum Gasteiger partial charge on any atom is 0.271 e. The van der Waals surface area contributed by atoms with E-state index in [-0.39, 0.29) is 5.56 Å². The largest absolute Gasteiger partial charge is 0.334 e. The van der Waals surface area contributed by atoms with Crippen LogP contribution >= 0.6 is 22.9 Å². The average Bonchev–Trinajstić information content (AvgIpc) is 2.91. The van der Waals surface area contributed by atoms with Gasteiger partial charge in [-0.2, -0.15) is 0 Å². The minimum Gasteiger partial charge on any atom is -0.334 e. The van der Waals surface area contributed by atoms with Gasteiger partial charge in [0.25, 0.3) is 5.56 Å². The maximum absolute atomic E-state index is 12.7. The van der Waals surface area contributed by atoms with Crippen molar-refractivity contribution in [2.45, 2.75) is 6.67 Å². The van der Waals surface area contributed by atoms with Gasteiger partial charge in [-0.3, -0.25) is 9.36 Å². The summed E-state index contributed by atoms with van der Waals surface area (Å²) in [7, 11) is 0. The molecule has 0 spiro atoms. The van der Waals surface area contributed by atoms with Gasteiger partial charge in [0.15, 0.2) is 4.80 Å². The molecule has 2 heterocycles. The molecule has 0 unspecified atom stereocenters. The van der Waals surface area contributed by atoms with Crippen LogP contribution in [0.15, 0.2) is 64.4 Å². The predicted molar refractivity (Wildman–Crippen MR) is 98.2 cm³/mol. The van der Waals surface area contributed by atoms with Gasteiger partial charge in [0, 0.05) is 10.7 Å². The van der Waals surface area contributed by atoms with Gasteiger partial charge in [-0.15, -0.1) is 0 Å². The SMILES string of the molecule is O=c1c(=Cc2cccc(Cl)c2)sc2n1CN(c1ccccc1)CN=2. The van der Waals surface area contributed by atoms with Crippen molar-refractivity contribution in [1.29, 1.82) is 0 Å². The number of para-hydroxylation sites is 1. The second-order valence-corrected chi connectivity index (χ2v) is 6.94. The van der Waals surface area contributed by atoms with Crippen molar-refractivity contribution < 1.29 is 0 Å². The van der Waals surface area contributed by atoms with Crippen LogP contribution in [-0.4, -0.2) is 11.2 Å². The van der Waals surface area contributed by atoms with Crippen molar-refractivity contribution in [3.63, 3.8) is 0 Å². The van der Waals surface area contributed by atoms with Gasteiger partial charge in [0.05, 0.1) is 4.53 Å². The molecular weight excluding hydrogens is 342 g/mol. The number of fused-ring (bicyclic) bond motifs is 1. The number of benzene rings is 2. The fraction of sp³-hybridized carbons (Fsp3) is 0.111. The molecule has 2 aromatic carbocycles. The summed E-state index contributed by atoms with van der Waals surface area (Å²) < 4.78 is 2.39. The molecule has 1 aromatic heterocycles. The summed E-state index contributed by atoms with van der Waals surface area (Å²) in [5, 5.41) is 0.658. The van der Waals surface area contributed by atoms with Gasteiger partial charge in [-0.05, 0) is 35.9 Å². The highest BCUT2D eigenvalue weighted by molar-refractivity contribution is 7.07. The summed E-state index contributed by atoms with van der Waals surface area (Å²) in [5.41, 5.74) is 1.96. The number of aromatic nitrogens is 1. The minimum atomic E-state index is -0.0145. The van der Waals surface area contributed by atoms with Gasteiger partial charge in [-0.1, -0.05) is 53.3 Å². The third-order valence-electron chi connectivity index (χ3n) is 3.84. The first-order chi connectivity index (χ1) is 11.7. The molecular formula is C18H14ClN3OS. The Morgan fingerprint density at radius 1 is 1.12 bits per heavy atom. The Kier molecular flexibility index (Phi) is 3.96. The molecule has 3 aromatic rings. The molecule has 4 nitrogen and oxygen atoms in total. The van der Waals surface area contributed by atoms with E-state index in [1.807, 2.05) is 60.7 Å². The van der Waals surface area contributed by atoms with Crippen LogP contribution in [0.4, 0.5) is 5.69 Å². The number of hydrogen-bond donors (Lipinski definition) is 0. The first-order valence-corrected chi connectivity index (χ1v) is 8.71. The summed E-state index contributed by atoms with van der Waals surface area (Å²) in [6.07, 6.45) is 1.87. The standard InChI is InChI=1S/C18H14ClN3OS/c19-14-6-4-5-13(9-14)10-16-17(23)22-12-21(11-20-18(22)24-16)15-7-2-1-3-8-15/h1-10H,11-12H2. The molecule has 6 heteroatoms. The minimum absolute atomic E-state index is 0.0145. The molecule has 24 heavy (non-hydrogen) atoms. The number of rotatable bonds is 2. The summed E-state index contributed by atoms with van der Waals surface area (Å²) >= 11 is 7.43. The molecule has 0 saturated heterocycles. The van der Waals surface area contributed by atoms with Crippen LogP contribution in [0.2, 0.25) is 5.02 Å². The van der Waals surface area contributed by atoms with Gasteiger partial charge in [0.2, 0.25) is 0 Å². The molecule has 0 saturated carbocycles. The number of halogens is 1. The van der Waals surface area contributed by atoms with E-state index >= 15 is 0 Å². The molecule has 0 radical (unpaired) electrons. The number of thiazole rings is 1. The van der Waals surface area contributed by atoms with Crippen LogP contribution in [0.25, 0.3) is 6.08 Å². The average molecular weight is 356 g/mol. The fourth-order valence-electron chi connectivity index (χ4n) is 2.66. The zero-order valence-corrected chi connectivity index (χ0v) is 14.3. The van der Waals surface area contributed by atoms with Crippen molar-refractivity contribution >= 4 is 34.7 Å². The Morgan fingerprint density at radius 2 is 1.96 bits per heavy atom. The van der Waals surface area contributed by atoms with Crippen molar-refractivity contribution in [3.8, 4) is 0 Å². The van der Waals surface area contributed by atoms with Gasteiger partial charge in [0.1, 0.15) is 13.3 Å². The lowest BCUT2D eigenvalue weighted by atomic mass is 10.2. The van der Waals surface area contributed by atoms with Crippen LogP contribution in [0.1, 0.15) is 5.56 Å². The molecule has 4 rings (SSSR count). The third kappa shape index (κ3) is 2.88. The molecule has 0 atom stereocenters. The third-order valence-corrected chi connectivity index (χ3v) is 5.12. The second-order valence-electron chi connectivity index (χ2n) is 5.50. The van der Waals surface area contributed by atoms with E-state index in [0.29, 0.717) is 22.9 Å². The van der Waals surface area contributed by atoms with Crippen molar-refractivity contribution in [2.75, 3.05) is 11.6 Å². The lowest BCUT2D eigenvalue weighted by Crippen LogP contribution is -2.42. The number of anilines is 1. The van der Waals surface area contributed by atoms with Crippen LogP contribution in [-0.2, 0) is 6.67 Å². The molecule has 0 aliphatic carbocycles. The zero-order valence-electron chi connectivity index (χ0n) is 12.7. The highest BCUT2D eigenvalue weighted by Gasteiger charge is 2.15. The summed E-state index contributed by atoms with van der Waals surface area (Å²) in [5.74, 6) is 0. The first-order valence-electron chi connectivity index (χ1n) is 7.52. The van der Waals surface area contributed by atoms with Gasteiger partial charge < -0.3 is 4.90 Å². The van der Waals surface area contributed by atoms with E-state index in [1.54, 1.807) is 4.57 Å². The van der Waals surface area contributed by atoms with E-state index in [9.17, 15) is 4.79 Å². The maximum atomic E-state index is 12.7. The monoisotopic (exact) mass is 355 g/mol. The van der Waals surface area contributed by atoms with Crippen LogP contribution in [0.5, 0.6) is 0 Å². The van der Waals surface area contributed by atoms with E-state index in [4.69, 9.17) is 11.6 Å². The Hall–Kier alpha value is -2.37. The van der Waals surface area contributed by atoms with Crippen LogP contribution in [0, 0.1) is 0 Å². The molecule has 1 aliphatic heterocycles. The van der Waals surface area contributed by atoms with Gasteiger partial charge >= 0.3 is 0 Å². The Morgan fingerprint density at radius 3 is 2.75 bits per heavy atom. The number of hydrogen-bond acceptors (Lipinski definition) is 4. The lowest BCUT2D eigenvalue weighted by molar-refractivity contribution is 0.569. The van der Waals surface area contributed by atoms with E-state index in [1.165, 1.54) is 11.3 Å². The fourth-order valence-corrected chi connectivity index (χ4v) is 3.82. The van der Waals surface area contributed by atoms with Gasteiger partial charge in [-0.25, -0.2) is 4.99 Å². The zero-order chi connectivity index (χ0) is 16.5. The molecule has 0 N–H and O–H groups in total. The predicted octanol–water partition coefficient (Wildman–Crippen LogP) is 2.45. The van der Waals surface area contributed by atoms with Crippen LogP contribution < -0.4 is 19.8 Å². The second kappa shape index (κ2) is 6.26. The highest BCUT2D eigenvalue weighted by atomic mass is 35.5. The van der Waals surface area contributed by atoms with E-state index < -0.39 is 0 Å². The quantitative estimate of drug-likeness (QED) is 0.708. The van der Waals surface area contributed by atoms with Crippen molar-refractivity contribution in [2.24, 2.45) is 4.99 Å². The summed E-state index contributed by atoms with van der Waals surface area (Å²) in [6, 6.07) is 17.5. The summed E-state index contributed by atoms with van der Waals surface area (Å²) in [6.45, 7) is 1.07. The molecule has 0 fully saturated rings. The molecule has 120 valence electrons. The topological polar surface area (TPSA) is 37.6 Å². The first kappa shape index (κ1) is 15.2. The van der Waals surface area contributed by atoms with E-state index in [2.05, 4.69) is 9.89 Å². The van der Waals surface area contributed by atoms with E-state index in [0.717, 1.165) is 16.1 Å². The summed E-state index contributed by atoms with van der Waals surface area (Å²) in [4.78, 5) is 20.1. The lowest BCUT2D eigenvalue weighted by Gasteiger charge is -2.25. The smallest absolute Gasteiger partial charge is 0.271 e. The Balaban J connectivity index is 1.74. The van der Waals surface area contributed by atoms with Crippen LogP contribution in [0.3, 0.4) is 0 Å². The molecule has 1 aliphatic rings. The molecule has 0 bridgehead atoms.